The summed E-state index contributed by atoms with van der Waals surface area (Å²) in [5.41, 5.74) is 7.14. The van der Waals surface area contributed by atoms with E-state index in [0.29, 0.717) is 23.6 Å². The molecule has 5 heteroatoms. The van der Waals surface area contributed by atoms with E-state index in [-0.39, 0.29) is 11.7 Å². The van der Waals surface area contributed by atoms with E-state index < -0.39 is 9.84 Å². The van der Waals surface area contributed by atoms with Gasteiger partial charge in [0.15, 0.2) is 9.84 Å². The van der Waals surface area contributed by atoms with Crippen molar-refractivity contribution in [1.29, 1.82) is 0 Å². The zero-order valence-electron chi connectivity index (χ0n) is 11.5. The molecule has 110 valence electrons. The van der Waals surface area contributed by atoms with E-state index in [9.17, 15) is 8.42 Å². The predicted molar refractivity (Wildman–Crippen MR) is 82.2 cm³/mol. The van der Waals surface area contributed by atoms with Gasteiger partial charge in [-0.05, 0) is 42.3 Å². The second-order valence-corrected chi connectivity index (χ2v) is 7.26. The van der Waals surface area contributed by atoms with Crippen LogP contribution < -0.4 is 10.5 Å². The number of rotatable bonds is 3. The summed E-state index contributed by atoms with van der Waals surface area (Å²) < 4.78 is 30.7. The number of benzene rings is 2. The number of hydrogen-bond acceptors (Lipinski definition) is 4. The van der Waals surface area contributed by atoms with Crippen molar-refractivity contribution in [2.75, 3.05) is 18.1 Å². The maximum atomic E-state index is 12.5. The summed E-state index contributed by atoms with van der Waals surface area (Å²) in [6, 6.07) is 14.0. The quantitative estimate of drug-likeness (QED) is 0.885. The average Bonchev–Trinajstić information content (AvgIpc) is 2.48. The third-order valence-corrected chi connectivity index (χ3v) is 5.57. The van der Waals surface area contributed by atoms with Crippen molar-refractivity contribution in [3.05, 3.63) is 54.1 Å². The summed E-state index contributed by atoms with van der Waals surface area (Å²) in [5, 5.41) is 0. The normalized spacial score (nSPS) is 17.8. The minimum atomic E-state index is -3.33. The fraction of sp³-hybridized carbons (Fsp3) is 0.250. The number of ether oxygens (including phenoxy) is 1. The lowest BCUT2D eigenvalue weighted by molar-refractivity contribution is 0.272. The van der Waals surface area contributed by atoms with Crippen molar-refractivity contribution >= 4 is 15.5 Å². The highest BCUT2D eigenvalue weighted by molar-refractivity contribution is 7.91. The smallest absolute Gasteiger partial charge is 0.178 e. The third-order valence-electron chi connectivity index (χ3n) is 3.74. The molecule has 4 nitrogen and oxygen atoms in total. The molecule has 2 aromatic carbocycles. The van der Waals surface area contributed by atoms with E-state index in [1.165, 1.54) is 0 Å². The summed E-state index contributed by atoms with van der Waals surface area (Å²) in [6.45, 7) is 0.555. The van der Waals surface area contributed by atoms with Gasteiger partial charge in [0.25, 0.3) is 0 Å². The Bertz CT molecular complexity index is 738. The van der Waals surface area contributed by atoms with E-state index in [4.69, 9.17) is 10.5 Å². The number of hydrogen-bond donors (Lipinski definition) is 1. The molecule has 1 atom stereocenters. The minimum absolute atomic E-state index is 0.0301. The fourth-order valence-corrected chi connectivity index (χ4v) is 4.24. The molecular formula is C16H17NO3S. The molecule has 2 N–H and O–H groups in total. The first-order valence-electron chi connectivity index (χ1n) is 6.86. The molecule has 0 aliphatic carbocycles. The monoisotopic (exact) mass is 303 g/mol. The molecule has 1 aliphatic rings. The van der Waals surface area contributed by atoms with Gasteiger partial charge in [-0.3, -0.25) is 0 Å². The molecule has 0 saturated heterocycles. The Labute approximate surface area is 124 Å². The van der Waals surface area contributed by atoms with Crippen LogP contribution in [0.4, 0.5) is 5.69 Å². The van der Waals surface area contributed by atoms with Crippen LogP contribution in [0.15, 0.2) is 53.4 Å². The standard InChI is InChI=1S/C16H17NO3S/c17-13-5-7-14(8-6-13)21(18,19)11-12-9-10-20-16-4-2-1-3-15(12)16/h1-8,12H,9-11,17H2. The summed E-state index contributed by atoms with van der Waals surface area (Å²) >= 11 is 0. The Balaban J connectivity index is 1.88. The molecular weight excluding hydrogens is 286 g/mol. The van der Waals surface area contributed by atoms with Crippen LogP contribution in [0.1, 0.15) is 17.9 Å². The maximum Gasteiger partial charge on any atom is 0.178 e. The van der Waals surface area contributed by atoms with Crippen molar-refractivity contribution < 1.29 is 13.2 Å². The minimum Gasteiger partial charge on any atom is -0.493 e. The lowest BCUT2D eigenvalue weighted by atomic mass is 9.95. The number of nitrogen functional groups attached to an aromatic ring is 1. The summed E-state index contributed by atoms with van der Waals surface area (Å²) in [4.78, 5) is 0.320. The number of para-hydroxylation sites is 1. The van der Waals surface area contributed by atoms with Gasteiger partial charge in [0.1, 0.15) is 5.75 Å². The van der Waals surface area contributed by atoms with Crippen molar-refractivity contribution in [3.63, 3.8) is 0 Å². The van der Waals surface area contributed by atoms with E-state index in [2.05, 4.69) is 0 Å². The van der Waals surface area contributed by atoms with Crippen LogP contribution in [0.2, 0.25) is 0 Å². The Hall–Kier alpha value is -2.01. The second kappa shape index (κ2) is 5.41. The van der Waals surface area contributed by atoms with Crippen molar-refractivity contribution in [1.82, 2.24) is 0 Å². The van der Waals surface area contributed by atoms with E-state index in [0.717, 1.165) is 11.3 Å². The SMILES string of the molecule is Nc1ccc(S(=O)(=O)CC2CCOc3ccccc32)cc1. The highest BCUT2D eigenvalue weighted by atomic mass is 32.2. The third kappa shape index (κ3) is 2.88. The van der Waals surface area contributed by atoms with E-state index >= 15 is 0 Å². The molecule has 0 aromatic heterocycles. The topological polar surface area (TPSA) is 69.4 Å². The lowest BCUT2D eigenvalue weighted by Crippen LogP contribution is -2.21. The molecule has 1 aliphatic heterocycles. The van der Waals surface area contributed by atoms with Crippen LogP contribution in [0.3, 0.4) is 0 Å². The van der Waals surface area contributed by atoms with Gasteiger partial charge >= 0.3 is 0 Å². The van der Waals surface area contributed by atoms with Gasteiger partial charge in [0, 0.05) is 11.6 Å². The molecule has 0 spiro atoms. The van der Waals surface area contributed by atoms with Crippen LogP contribution in [0.5, 0.6) is 5.75 Å². The van der Waals surface area contributed by atoms with Crippen LogP contribution in [0, 0.1) is 0 Å². The summed E-state index contributed by atoms with van der Waals surface area (Å²) in [7, 11) is -3.33. The van der Waals surface area contributed by atoms with Gasteiger partial charge in [0.05, 0.1) is 17.3 Å². The largest absolute Gasteiger partial charge is 0.493 e. The number of anilines is 1. The molecule has 1 heterocycles. The molecule has 0 saturated carbocycles. The van der Waals surface area contributed by atoms with Crippen molar-refractivity contribution in [2.45, 2.75) is 17.2 Å². The zero-order chi connectivity index (χ0) is 14.9. The molecule has 21 heavy (non-hydrogen) atoms. The summed E-state index contributed by atoms with van der Waals surface area (Å²) in [6.07, 6.45) is 0.714. The van der Waals surface area contributed by atoms with Crippen molar-refractivity contribution in [2.24, 2.45) is 0 Å². The molecule has 0 fully saturated rings. The molecule has 1 unspecified atom stereocenters. The number of fused-ring (bicyclic) bond motifs is 1. The highest BCUT2D eigenvalue weighted by Crippen LogP contribution is 2.35. The van der Waals surface area contributed by atoms with Crippen LogP contribution in [-0.2, 0) is 9.84 Å². The second-order valence-electron chi connectivity index (χ2n) is 5.22. The maximum absolute atomic E-state index is 12.5. The first-order valence-corrected chi connectivity index (χ1v) is 8.51. The van der Waals surface area contributed by atoms with Gasteiger partial charge in [-0.1, -0.05) is 18.2 Å². The van der Waals surface area contributed by atoms with Crippen LogP contribution in [0.25, 0.3) is 0 Å². The predicted octanol–water partition coefficient (Wildman–Crippen LogP) is 2.61. The Morgan fingerprint density at radius 1 is 1.10 bits per heavy atom. The Morgan fingerprint density at radius 2 is 1.81 bits per heavy atom. The van der Waals surface area contributed by atoms with Gasteiger partial charge in [0.2, 0.25) is 0 Å². The van der Waals surface area contributed by atoms with Crippen LogP contribution in [-0.4, -0.2) is 20.8 Å². The summed E-state index contributed by atoms with van der Waals surface area (Å²) in [5.74, 6) is 0.857. The van der Waals surface area contributed by atoms with E-state index in [1.807, 2.05) is 24.3 Å². The van der Waals surface area contributed by atoms with Crippen LogP contribution >= 0.6 is 0 Å². The molecule has 0 amide bonds. The first kappa shape index (κ1) is 13.9. The Morgan fingerprint density at radius 3 is 2.57 bits per heavy atom. The van der Waals surface area contributed by atoms with E-state index in [1.54, 1.807) is 24.3 Å². The van der Waals surface area contributed by atoms with Gasteiger partial charge in [-0.25, -0.2) is 8.42 Å². The average molecular weight is 303 g/mol. The van der Waals surface area contributed by atoms with Gasteiger partial charge in [-0.2, -0.15) is 0 Å². The Kier molecular flexibility index (Phi) is 3.59. The molecule has 0 radical (unpaired) electrons. The number of sulfone groups is 1. The number of nitrogens with two attached hydrogens (primary N) is 1. The molecule has 2 aromatic rings. The van der Waals surface area contributed by atoms with Gasteiger partial charge < -0.3 is 10.5 Å². The van der Waals surface area contributed by atoms with Crippen molar-refractivity contribution in [3.8, 4) is 5.75 Å². The molecule has 0 bridgehead atoms. The van der Waals surface area contributed by atoms with Gasteiger partial charge in [-0.15, -0.1) is 0 Å². The zero-order valence-corrected chi connectivity index (χ0v) is 12.3. The lowest BCUT2D eigenvalue weighted by Gasteiger charge is -2.25. The molecule has 3 rings (SSSR count). The highest BCUT2D eigenvalue weighted by Gasteiger charge is 2.27. The fourth-order valence-electron chi connectivity index (χ4n) is 2.63. The first-order chi connectivity index (χ1) is 10.1.